The molecule has 1 unspecified atom stereocenters. The van der Waals surface area contributed by atoms with Crippen molar-refractivity contribution in [2.75, 3.05) is 6.54 Å². The number of alkyl carbamates (subject to hydrolysis) is 1. The Hall–Kier alpha value is -2.57. The van der Waals surface area contributed by atoms with E-state index >= 15 is 0 Å². The van der Waals surface area contributed by atoms with Gasteiger partial charge in [-0.15, -0.1) is 0 Å². The molecule has 1 aromatic carbocycles. The van der Waals surface area contributed by atoms with Gasteiger partial charge in [-0.2, -0.15) is 0 Å². The first-order valence-electron chi connectivity index (χ1n) is 8.61. The Labute approximate surface area is 154 Å². The Morgan fingerprint density at radius 2 is 1.77 bits per heavy atom. The van der Waals surface area contributed by atoms with E-state index < -0.39 is 11.7 Å². The van der Waals surface area contributed by atoms with Crippen LogP contribution in [-0.4, -0.2) is 36.2 Å². The van der Waals surface area contributed by atoms with Gasteiger partial charge in [0.2, 0.25) is 5.91 Å². The molecule has 0 aliphatic rings. The minimum atomic E-state index is -0.580. The lowest BCUT2D eigenvalue weighted by atomic mass is 10.2. The minimum absolute atomic E-state index is 0.0928. The van der Waals surface area contributed by atoms with Crippen LogP contribution in [-0.2, 0) is 25.7 Å². The summed E-state index contributed by atoms with van der Waals surface area (Å²) in [6, 6.07) is 8.96. The van der Waals surface area contributed by atoms with Crippen LogP contribution in [0.1, 0.15) is 46.1 Å². The third kappa shape index (κ3) is 10.3. The van der Waals surface area contributed by atoms with E-state index in [0.717, 1.165) is 5.56 Å². The van der Waals surface area contributed by atoms with Crippen molar-refractivity contribution >= 4 is 18.0 Å². The van der Waals surface area contributed by atoms with Gasteiger partial charge in [-0.3, -0.25) is 9.59 Å². The van der Waals surface area contributed by atoms with E-state index in [1.54, 1.807) is 27.7 Å². The third-order valence-corrected chi connectivity index (χ3v) is 3.13. The summed E-state index contributed by atoms with van der Waals surface area (Å²) in [5.74, 6) is -0.627. The van der Waals surface area contributed by atoms with Crippen LogP contribution in [0, 0.1) is 0 Å². The molecule has 144 valence electrons. The van der Waals surface area contributed by atoms with Crippen LogP contribution in [0.5, 0.6) is 0 Å². The second-order valence-electron chi connectivity index (χ2n) is 7.00. The van der Waals surface area contributed by atoms with Crippen LogP contribution in [0.3, 0.4) is 0 Å². The van der Waals surface area contributed by atoms with Gasteiger partial charge in [0.25, 0.3) is 0 Å². The van der Waals surface area contributed by atoms with Gasteiger partial charge in [0.15, 0.2) is 0 Å². The van der Waals surface area contributed by atoms with Crippen LogP contribution >= 0.6 is 0 Å². The number of esters is 1. The van der Waals surface area contributed by atoms with Crippen LogP contribution in [0.25, 0.3) is 0 Å². The molecule has 0 spiro atoms. The maximum Gasteiger partial charge on any atom is 0.407 e. The van der Waals surface area contributed by atoms with E-state index in [2.05, 4.69) is 10.6 Å². The molecule has 0 fully saturated rings. The summed E-state index contributed by atoms with van der Waals surface area (Å²) >= 11 is 0. The molecule has 0 heterocycles. The zero-order valence-electron chi connectivity index (χ0n) is 15.8. The first-order chi connectivity index (χ1) is 12.2. The second-order valence-corrected chi connectivity index (χ2v) is 7.00. The zero-order chi connectivity index (χ0) is 19.6. The van der Waals surface area contributed by atoms with Gasteiger partial charge in [-0.25, -0.2) is 4.79 Å². The standard InChI is InChI=1S/C19H28N2O5/c1-14(12-17(23)26-19(2,3)4)21-16(22)10-11-20-18(24)25-13-15-8-6-5-7-9-15/h5-9,14H,10-13H2,1-4H3,(H,20,24)(H,21,22). The molecule has 2 N–H and O–H groups in total. The number of rotatable bonds is 8. The molecule has 0 aliphatic carbocycles. The monoisotopic (exact) mass is 364 g/mol. The number of nitrogens with one attached hydrogen (secondary N) is 2. The lowest BCUT2D eigenvalue weighted by Gasteiger charge is -2.21. The van der Waals surface area contributed by atoms with Crippen molar-refractivity contribution in [1.29, 1.82) is 0 Å². The zero-order valence-corrected chi connectivity index (χ0v) is 15.8. The molecule has 2 amide bonds. The van der Waals surface area contributed by atoms with Gasteiger partial charge < -0.3 is 20.1 Å². The Balaban J connectivity index is 2.17. The van der Waals surface area contributed by atoms with Gasteiger partial charge in [0, 0.05) is 19.0 Å². The summed E-state index contributed by atoms with van der Waals surface area (Å²) in [5, 5.41) is 5.21. The van der Waals surface area contributed by atoms with Crippen LogP contribution in [0.2, 0.25) is 0 Å². The molecule has 1 rings (SSSR count). The number of hydrogen-bond acceptors (Lipinski definition) is 5. The van der Waals surface area contributed by atoms with Crippen molar-refractivity contribution in [2.45, 2.75) is 58.8 Å². The van der Waals surface area contributed by atoms with E-state index in [9.17, 15) is 14.4 Å². The normalized spacial score (nSPS) is 12.0. The highest BCUT2D eigenvalue weighted by Crippen LogP contribution is 2.09. The van der Waals surface area contributed by atoms with E-state index in [0.29, 0.717) is 0 Å². The molecule has 0 aromatic heterocycles. The fourth-order valence-corrected chi connectivity index (χ4v) is 2.08. The highest BCUT2D eigenvalue weighted by Gasteiger charge is 2.19. The predicted octanol–water partition coefficient (Wildman–Crippen LogP) is 2.54. The topological polar surface area (TPSA) is 93.7 Å². The summed E-state index contributed by atoms with van der Waals surface area (Å²) in [6.45, 7) is 7.41. The SMILES string of the molecule is CC(CC(=O)OC(C)(C)C)NC(=O)CCNC(=O)OCc1ccccc1. The average molecular weight is 364 g/mol. The molecule has 0 saturated carbocycles. The number of benzene rings is 1. The lowest BCUT2D eigenvalue weighted by molar-refractivity contribution is -0.155. The van der Waals surface area contributed by atoms with Crippen LogP contribution in [0.15, 0.2) is 30.3 Å². The highest BCUT2D eigenvalue weighted by atomic mass is 16.6. The molecule has 7 nitrogen and oxygen atoms in total. The summed E-state index contributed by atoms with van der Waals surface area (Å²) < 4.78 is 10.2. The van der Waals surface area contributed by atoms with Crippen molar-refractivity contribution < 1.29 is 23.9 Å². The summed E-state index contributed by atoms with van der Waals surface area (Å²) in [4.78, 5) is 35.1. The Morgan fingerprint density at radius 1 is 1.12 bits per heavy atom. The van der Waals surface area contributed by atoms with Crippen molar-refractivity contribution in [1.82, 2.24) is 10.6 Å². The molecule has 0 aliphatic heterocycles. The molecule has 0 bridgehead atoms. The fraction of sp³-hybridized carbons (Fsp3) is 0.526. The number of amides is 2. The van der Waals surface area contributed by atoms with Crippen LogP contribution < -0.4 is 10.6 Å². The smallest absolute Gasteiger partial charge is 0.407 e. The Kier molecular flexibility index (Phi) is 8.61. The first kappa shape index (κ1) is 21.5. The number of carbonyl (C=O) groups is 3. The first-order valence-corrected chi connectivity index (χ1v) is 8.61. The van der Waals surface area contributed by atoms with E-state index in [1.165, 1.54) is 0 Å². The highest BCUT2D eigenvalue weighted by molar-refractivity contribution is 5.78. The number of hydrogen-bond donors (Lipinski definition) is 2. The molecule has 7 heteroatoms. The molecule has 1 aromatic rings. The molecular formula is C19H28N2O5. The van der Waals surface area contributed by atoms with Crippen molar-refractivity contribution in [3.05, 3.63) is 35.9 Å². The van der Waals surface area contributed by atoms with Gasteiger partial charge in [0.1, 0.15) is 12.2 Å². The van der Waals surface area contributed by atoms with E-state index in [1.807, 2.05) is 30.3 Å². The summed E-state index contributed by atoms with van der Waals surface area (Å²) in [5.41, 5.74) is 0.335. The van der Waals surface area contributed by atoms with Gasteiger partial charge >= 0.3 is 12.1 Å². The molecule has 0 radical (unpaired) electrons. The lowest BCUT2D eigenvalue weighted by Crippen LogP contribution is -2.38. The Bertz CT molecular complexity index is 596. The van der Waals surface area contributed by atoms with E-state index in [4.69, 9.17) is 9.47 Å². The fourth-order valence-electron chi connectivity index (χ4n) is 2.08. The van der Waals surface area contributed by atoms with Crippen molar-refractivity contribution in [3.63, 3.8) is 0 Å². The molecule has 0 saturated heterocycles. The van der Waals surface area contributed by atoms with E-state index in [-0.39, 0.29) is 43.9 Å². The van der Waals surface area contributed by atoms with Crippen LogP contribution in [0.4, 0.5) is 4.79 Å². The number of ether oxygens (including phenoxy) is 2. The largest absolute Gasteiger partial charge is 0.460 e. The van der Waals surface area contributed by atoms with Gasteiger partial charge in [0.05, 0.1) is 6.42 Å². The molecule has 1 atom stereocenters. The minimum Gasteiger partial charge on any atom is -0.460 e. The maximum atomic E-state index is 11.8. The van der Waals surface area contributed by atoms with Crippen molar-refractivity contribution in [2.24, 2.45) is 0 Å². The molecule has 26 heavy (non-hydrogen) atoms. The predicted molar refractivity (Wildman–Crippen MR) is 97.3 cm³/mol. The quantitative estimate of drug-likeness (QED) is 0.692. The molecular weight excluding hydrogens is 336 g/mol. The van der Waals surface area contributed by atoms with Crippen molar-refractivity contribution in [3.8, 4) is 0 Å². The van der Waals surface area contributed by atoms with Gasteiger partial charge in [-0.1, -0.05) is 30.3 Å². The second kappa shape index (κ2) is 10.4. The van der Waals surface area contributed by atoms with Gasteiger partial charge in [-0.05, 0) is 33.3 Å². The summed E-state index contributed by atoms with van der Waals surface area (Å²) in [6.07, 6.45) is -0.391. The maximum absolute atomic E-state index is 11.8. The Morgan fingerprint density at radius 3 is 2.38 bits per heavy atom. The average Bonchev–Trinajstić information content (AvgIpc) is 2.51. The number of carbonyl (C=O) groups excluding carboxylic acids is 3. The third-order valence-electron chi connectivity index (χ3n) is 3.13. The summed E-state index contributed by atoms with van der Waals surface area (Å²) in [7, 11) is 0.